The summed E-state index contributed by atoms with van der Waals surface area (Å²) in [7, 11) is -3.74. The number of nitrogens with zero attached hydrogens (tertiary/aromatic N) is 2. The third-order valence-electron chi connectivity index (χ3n) is 4.52. The van der Waals surface area contributed by atoms with Crippen molar-refractivity contribution in [2.45, 2.75) is 4.90 Å². The van der Waals surface area contributed by atoms with Crippen molar-refractivity contribution in [3.05, 3.63) is 59.1 Å². The van der Waals surface area contributed by atoms with E-state index in [0.717, 1.165) is 5.69 Å². The van der Waals surface area contributed by atoms with Crippen LogP contribution in [0.1, 0.15) is 10.4 Å². The average molecular weight is 418 g/mol. The molecular formula is C20H20ClN3O3S. The Labute approximate surface area is 170 Å². The van der Waals surface area contributed by atoms with Crippen LogP contribution in [0, 0.1) is 12.3 Å². The normalized spacial score (nSPS) is 14.6. The smallest absolute Gasteiger partial charge is 0.254 e. The molecule has 1 saturated heterocycles. The van der Waals surface area contributed by atoms with Crippen molar-refractivity contribution >= 4 is 33.2 Å². The van der Waals surface area contributed by atoms with Gasteiger partial charge < -0.3 is 9.80 Å². The van der Waals surface area contributed by atoms with Gasteiger partial charge in [-0.25, -0.2) is 8.42 Å². The molecule has 1 heterocycles. The zero-order valence-electron chi connectivity index (χ0n) is 15.1. The Morgan fingerprint density at radius 2 is 1.82 bits per heavy atom. The number of para-hydroxylation sites is 1. The van der Waals surface area contributed by atoms with E-state index in [1.54, 1.807) is 17.0 Å². The summed E-state index contributed by atoms with van der Waals surface area (Å²) < 4.78 is 26.7. The number of rotatable bonds is 5. The lowest BCUT2D eigenvalue weighted by molar-refractivity contribution is 0.0746. The van der Waals surface area contributed by atoms with Gasteiger partial charge in [0.1, 0.15) is 0 Å². The van der Waals surface area contributed by atoms with E-state index in [-0.39, 0.29) is 17.3 Å². The van der Waals surface area contributed by atoms with Crippen molar-refractivity contribution in [1.29, 1.82) is 0 Å². The third-order valence-corrected chi connectivity index (χ3v) is 6.23. The molecule has 0 radical (unpaired) electrons. The highest BCUT2D eigenvalue weighted by Crippen LogP contribution is 2.26. The van der Waals surface area contributed by atoms with Crippen molar-refractivity contribution in [1.82, 2.24) is 9.62 Å². The van der Waals surface area contributed by atoms with E-state index >= 15 is 0 Å². The summed E-state index contributed by atoms with van der Waals surface area (Å²) in [6.07, 6.45) is 5.10. The predicted molar refractivity (Wildman–Crippen MR) is 110 cm³/mol. The van der Waals surface area contributed by atoms with Gasteiger partial charge in [0.2, 0.25) is 10.0 Å². The molecule has 1 N–H and O–H groups in total. The number of amides is 1. The first-order valence-electron chi connectivity index (χ1n) is 8.74. The zero-order chi connectivity index (χ0) is 20.1. The van der Waals surface area contributed by atoms with E-state index in [1.807, 2.05) is 24.3 Å². The molecule has 0 unspecified atom stereocenters. The Morgan fingerprint density at radius 1 is 1.11 bits per heavy atom. The fraction of sp³-hybridized carbons (Fsp3) is 0.250. The maximum Gasteiger partial charge on any atom is 0.254 e. The van der Waals surface area contributed by atoms with Gasteiger partial charge in [0.15, 0.2) is 0 Å². The van der Waals surface area contributed by atoms with Crippen LogP contribution >= 0.6 is 11.6 Å². The monoisotopic (exact) mass is 417 g/mol. The second kappa shape index (κ2) is 8.65. The van der Waals surface area contributed by atoms with Crippen molar-refractivity contribution in [2.24, 2.45) is 0 Å². The summed E-state index contributed by atoms with van der Waals surface area (Å²) in [6, 6.07) is 13.6. The van der Waals surface area contributed by atoms with Crippen molar-refractivity contribution < 1.29 is 13.2 Å². The molecule has 0 aromatic heterocycles. The minimum atomic E-state index is -3.74. The van der Waals surface area contributed by atoms with Gasteiger partial charge in [0, 0.05) is 31.7 Å². The highest BCUT2D eigenvalue weighted by atomic mass is 35.5. The molecule has 6 nitrogen and oxygen atoms in total. The van der Waals surface area contributed by atoms with Crippen LogP contribution < -0.4 is 9.62 Å². The number of carbonyl (C=O) groups excluding carboxylic acids is 1. The molecule has 1 fully saturated rings. The maximum atomic E-state index is 12.8. The Morgan fingerprint density at radius 3 is 2.50 bits per heavy atom. The number of sulfonamides is 1. The second-order valence-electron chi connectivity index (χ2n) is 6.29. The Kier molecular flexibility index (Phi) is 6.25. The van der Waals surface area contributed by atoms with Crippen molar-refractivity contribution in [3.8, 4) is 12.3 Å². The molecule has 2 aromatic rings. The topological polar surface area (TPSA) is 69.7 Å². The molecule has 2 aromatic carbocycles. The molecule has 1 amide bonds. The Bertz CT molecular complexity index is 1010. The lowest BCUT2D eigenvalue weighted by atomic mass is 10.1. The molecule has 146 valence electrons. The van der Waals surface area contributed by atoms with Crippen LogP contribution in [0.3, 0.4) is 0 Å². The molecule has 8 heteroatoms. The summed E-state index contributed by atoms with van der Waals surface area (Å²) in [5.41, 5.74) is 1.28. The first kappa shape index (κ1) is 20.2. The first-order valence-corrected chi connectivity index (χ1v) is 10.6. The SMILES string of the molecule is C#CCNS(=O)(=O)c1cccc(C(=O)N2CCN(c3ccccc3Cl)CC2)c1. The lowest BCUT2D eigenvalue weighted by Crippen LogP contribution is -2.48. The number of benzene rings is 2. The second-order valence-corrected chi connectivity index (χ2v) is 8.46. The molecule has 0 bridgehead atoms. The summed E-state index contributed by atoms with van der Waals surface area (Å²) in [5, 5.41) is 0.680. The highest BCUT2D eigenvalue weighted by molar-refractivity contribution is 7.89. The number of hydrogen-bond donors (Lipinski definition) is 1. The molecule has 0 saturated carbocycles. The molecule has 0 spiro atoms. The lowest BCUT2D eigenvalue weighted by Gasteiger charge is -2.36. The molecule has 1 aliphatic heterocycles. The number of hydrogen-bond acceptors (Lipinski definition) is 4. The summed E-state index contributed by atoms with van der Waals surface area (Å²) in [5.74, 6) is 2.02. The number of terminal acetylenes is 1. The van der Waals surface area contributed by atoms with Crippen LogP contribution in [0.15, 0.2) is 53.4 Å². The molecule has 28 heavy (non-hydrogen) atoms. The van der Waals surface area contributed by atoms with E-state index in [0.29, 0.717) is 36.8 Å². The number of carbonyl (C=O) groups is 1. The molecule has 0 atom stereocenters. The van der Waals surface area contributed by atoms with Gasteiger partial charge in [0.05, 0.1) is 22.2 Å². The van der Waals surface area contributed by atoms with Gasteiger partial charge in [-0.15, -0.1) is 6.42 Å². The number of piperazine rings is 1. The molecule has 3 rings (SSSR count). The van der Waals surface area contributed by atoms with Crippen LogP contribution in [0.5, 0.6) is 0 Å². The summed E-state index contributed by atoms with van der Waals surface area (Å²) in [6.45, 7) is 2.24. The Hall–Kier alpha value is -2.53. The van der Waals surface area contributed by atoms with E-state index in [9.17, 15) is 13.2 Å². The van der Waals surface area contributed by atoms with Crippen molar-refractivity contribution in [2.75, 3.05) is 37.6 Å². The van der Waals surface area contributed by atoms with Gasteiger partial charge in [-0.2, -0.15) is 4.72 Å². The van der Waals surface area contributed by atoms with Crippen LogP contribution in [0.4, 0.5) is 5.69 Å². The van der Waals surface area contributed by atoms with Gasteiger partial charge in [-0.05, 0) is 30.3 Å². The molecule has 0 aliphatic carbocycles. The van der Waals surface area contributed by atoms with Gasteiger partial charge in [-0.1, -0.05) is 35.7 Å². The Balaban J connectivity index is 1.70. The van der Waals surface area contributed by atoms with Crippen LogP contribution in [0.2, 0.25) is 5.02 Å². The van der Waals surface area contributed by atoms with E-state index in [2.05, 4.69) is 15.5 Å². The van der Waals surface area contributed by atoms with E-state index < -0.39 is 10.0 Å². The number of nitrogens with one attached hydrogen (secondary N) is 1. The largest absolute Gasteiger partial charge is 0.367 e. The van der Waals surface area contributed by atoms with Crippen molar-refractivity contribution in [3.63, 3.8) is 0 Å². The van der Waals surface area contributed by atoms with Crippen LogP contribution in [-0.2, 0) is 10.0 Å². The van der Waals surface area contributed by atoms with Gasteiger partial charge in [0.25, 0.3) is 5.91 Å². The van der Waals surface area contributed by atoms with Crippen LogP contribution in [-0.4, -0.2) is 51.9 Å². The zero-order valence-corrected chi connectivity index (χ0v) is 16.7. The molecular weight excluding hydrogens is 398 g/mol. The number of halogens is 1. The fourth-order valence-electron chi connectivity index (χ4n) is 3.06. The summed E-state index contributed by atoms with van der Waals surface area (Å²) >= 11 is 6.25. The number of anilines is 1. The summed E-state index contributed by atoms with van der Waals surface area (Å²) in [4.78, 5) is 16.7. The highest BCUT2D eigenvalue weighted by Gasteiger charge is 2.24. The maximum absolute atomic E-state index is 12.8. The van der Waals surface area contributed by atoms with E-state index in [4.69, 9.17) is 18.0 Å². The van der Waals surface area contributed by atoms with Crippen LogP contribution in [0.25, 0.3) is 0 Å². The predicted octanol–water partition coefficient (Wildman–Crippen LogP) is 2.21. The average Bonchev–Trinajstić information content (AvgIpc) is 2.72. The van der Waals surface area contributed by atoms with Gasteiger partial charge in [-0.3, -0.25) is 4.79 Å². The minimum Gasteiger partial charge on any atom is -0.367 e. The molecule has 1 aliphatic rings. The van der Waals surface area contributed by atoms with E-state index in [1.165, 1.54) is 12.1 Å². The third kappa shape index (κ3) is 4.47. The van der Waals surface area contributed by atoms with Gasteiger partial charge >= 0.3 is 0 Å². The fourth-order valence-corrected chi connectivity index (χ4v) is 4.29. The first-order chi connectivity index (χ1) is 13.4. The minimum absolute atomic E-state index is 0.0169. The quantitative estimate of drug-likeness (QED) is 0.757. The standard InChI is InChI=1S/C20H20ClN3O3S/c1-2-10-22-28(26,27)17-7-5-6-16(15-17)20(25)24-13-11-23(12-14-24)19-9-4-3-8-18(19)21/h1,3-9,15,22H,10-14H2.